The van der Waals surface area contributed by atoms with E-state index in [-0.39, 0.29) is 46.4 Å². The molecule has 204 valence electrons. The Labute approximate surface area is 221 Å². The fourth-order valence-electron chi connectivity index (χ4n) is 4.85. The van der Waals surface area contributed by atoms with Gasteiger partial charge < -0.3 is 14.8 Å². The second-order valence-corrected chi connectivity index (χ2v) is 11.8. The minimum atomic E-state index is -3.10. The number of fused-ring (bicyclic) bond motifs is 1. The average molecular weight is 559 g/mol. The Morgan fingerprint density at radius 2 is 2.03 bits per heavy atom. The maximum absolute atomic E-state index is 14.9. The molecule has 2 unspecified atom stereocenters. The molecule has 2 atom stereocenters. The number of sulfone groups is 1. The molecular formula is C25H24F2N6O5S. The molecule has 11 nitrogen and oxygen atoms in total. The zero-order chi connectivity index (χ0) is 27.3. The Kier molecular flexibility index (Phi) is 6.30. The summed E-state index contributed by atoms with van der Waals surface area (Å²) in [6.45, 7) is 0.895. The fraction of sp³-hybridized carbons (Fsp3) is 0.360. The molecule has 2 saturated heterocycles. The fourth-order valence-corrected chi connectivity index (χ4v) is 6.56. The van der Waals surface area contributed by atoms with Crippen molar-refractivity contribution in [3.05, 3.63) is 54.0 Å². The molecule has 6 rings (SSSR count). The summed E-state index contributed by atoms with van der Waals surface area (Å²) in [6, 6.07) is 3.48. The lowest BCUT2D eigenvalue weighted by Gasteiger charge is -2.15. The lowest BCUT2D eigenvalue weighted by Crippen LogP contribution is -2.18. The Balaban J connectivity index is 1.46. The normalized spacial score (nSPS) is 20.5. The molecule has 0 saturated carbocycles. The molecule has 2 aliphatic heterocycles. The summed E-state index contributed by atoms with van der Waals surface area (Å²) in [6.07, 6.45) is 5.52. The topological polar surface area (TPSA) is 130 Å². The second kappa shape index (κ2) is 9.68. The number of rotatable bonds is 6. The van der Waals surface area contributed by atoms with Crippen LogP contribution in [0, 0.1) is 11.6 Å². The zero-order valence-corrected chi connectivity index (χ0v) is 21.6. The summed E-state index contributed by atoms with van der Waals surface area (Å²) in [4.78, 5) is 16.5. The van der Waals surface area contributed by atoms with E-state index in [9.17, 15) is 22.0 Å². The van der Waals surface area contributed by atoms with Gasteiger partial charge in [-0.3, -0.25) is 9.48 Å². The van der Waals surface area contributed by atoms with E-state index in [0.717, 1.165) is 6.07 Å². The van der Waals surface area contributed by atoms with E-state index in [1.165, 1.54) is 23.8 Å². The van der Waals surface area contributed by atoms with Crippen LogP contribution in [0.15, 0.2) is 36.8 Å². The maximum atomic E-state index is 14.9. The number of nitrogens with one attached hydrogen (secondary N) is 1. The SMILES string of the molecule is CNC(=O)c1cc(F)c(F)c(-c2cnc3cc(-c4cnn(C5CCS(=O)(=O)C5)c4)c(OC4CCOC4)nn23)c1. The van der Waals surface area contributed by atoms with Crippen molar-refractivity contribution in [1.82, 2.24) is 29.7 Å². The molecule has 5 heterocycles. The first-order chi connectivity index (χ1) is 18.7. The van der Waals surface area contributed by atoms with Crippen LogP contribution >= 0.6 is 0 Å². The Morgan fingerprint density at radius 1 is 1.18 bits per heavy atom. The number of imidazole rings is 1. The van der Waals surface area contributed by atoms with Crippen molar-refractivity contribution in [3.63, 3.8) is 0 Å². The number of nitrogens with zero attached hydrogens (tertiary/aromatic N) is 5. The molecule has 0 radical (unpaired) electrons. The van der Waals surface area contributed by atoms with Gasteiger partial charge in [0.15, 0.2) is 27.1 Å². The molecule has 1 aromatic carbocycles. The quantitative estimate of drug-likeness (QED) is 0.382. The number of ether oxygens (including phenoxy) is 2. The van der Waals surface area contributed by atoms with Gasteiger partial charge in [-0.15, -0.1) is 5.10 Å². The predicted molar refractivity (Wildman–Crippen MR) is 135 cm³/mol. The first-order valence-electron chi connectivity index (χ1n) is 12.3. The summed E-state index contributed by atoms with van der Waals surface area (Å²) in [5.74, 6) is -2.57. The van der Waals surface area contributed by atoms with Gasteiger partial charge in [0.25, 0.3) is 5.91 Å². The molecule has 0 spiro atoms. The molecule has 2 fully saturated rings. The van der Waals surface area contributed by atoms with E-state index < -0.39 is 27.4 Å². The average Bonchev–Trinajstić information content (AvgIpc) is 3.72. The van der Waals surface area contributed by atoms with Crippen LogP contribution in [0.2, 0.25) is 0 Å². The molecule has 14 heteroatoms. The molecule has 0 aliphatic carbocycles. The third-order valence-corrected chi connectivity index (χ3v) is 8.66. The third-order valence-electron chi connectivity index (χ3n) is 6.91. The molecule has 4 aromatic rings. The molecule has 39 heavy (non-hydrogen) atoms. The van der Waals surface area contributed by atoms with Crippen molar-refractivity contribution >= 4 is 21.4 Å². The number of carbonyl (C=O) groups is 1. The van der Waals surface area contributed by atoms with E-state index in [2.05, 4.69) is 20.5 Å². The number of hydrogen-bond acceptors (Lipinski definition) is 8. The highest BCUT2D eigenvalue weighted by Crippen LogP contribution is 2.34. The summed E-state index contributed by atoms with van der Waals surface area (Å²) in [5, 5.41) is 11.4. The highest BCUT2D eigenvalue weighted by atomic mass is 32.2. The second-order valence-electron chi connectivity index (χ2n) is 9.54. The minimum Gasteiger partial charge on any atom is -0.470 e. The van der Waals surface area contributed by atoms with Crippen LogP contribution in [-0.2, 0) is 14.6 Å². The van der Waals surface area contributed by atoms with Crippen LogP contribution in [0.4, 0.5) is 8.78 Å². The van der Waals surface area contributed by atoms with Gasteiger partial charge in [-0.1, -0.05) is 0 Å². The largest absolute Gasteiger partial charge is 0.470 e. The van der Waals surface area contributed by atoms with Crippen LogP contribution < -0.4 is 10.1 Å². The van der Waals surface area contributed by atoms with Crippen LogP contribution in [0.25, 0.3) is 28.0 Å². The van der Waals surface area contributed by atoms with Gasteiger partial charge in [0.05, 0.1) is 54.4 Å². The van der Waals surface area contributed by atoms with Crippen LogP contribution in [0.1, 0.15) is 29.2 Å². The predicted octanol–water partition coefficient (Wildman–Crippen LogP) is 2.42. The van der Waals surface area contributed by atoms with Crippen LogP contribution in [0.5, 0.6) is 5.88 Å². The molecule has 2 aliphatic rings. The smallest absolute Gasteiger partial charge is 0.251 e. The molecule has 0 bridgehead atoms. The highest BCUT2D eigenvalue weighted by Gasteiger charge is 2.30. The Bertz CT molecular complexity index is 1700. The summed E-state index contributed by atoms with van der Waals surface area (Å²) in [7, 11) is -1.71. The maximum Gasteiger partial charge on any atom is 0.251 e. The highest BCUT2D eigenvalue weighted by molar-refractivity contribution is 7.91. The van der Waals surface area contributed by atoms with E-state index in [4.69, 9.17) is 9.47 Å². The van der Waals surface area contributed by atoms with Gasteiger partial charge in [0.2, 0.25) is 5.88 Å². The van der Waals surface area contributed by atoms with Crippen LogP contribution in [0.3, 0.4) is 0 Å². The van der Waals surface area contributed by atoms with Crippen LogP contribution in [-0.4, -0.2) is 76.6 Å². The van der Waals surface area contributed by atoms with Crippen molar-refractivity contribution in [1.29, 1.82) is 0 Å². The number of carbonyl (C=O) groups excluding carboxylic acids is 1. The first-order valence-corrected chi connectivity index (χ1v) is 14.1. The molecule has 1 N–H and O–H groups in total. The summed E-state index contributed by atoms with van der Waals surface area (Å²) in [5.41, 5.74) is 1.37. The minimum absolute atomic E-state index is 0.0229. The lowest BCUT2D eigenvalue weighted by atomic mass is 10.1. The number of aromatic nitrogens is 5. The van der Waals surface area contributed by atoms with Gasteiger partial charge in [0.1, 0.15) is 6.10 Å². The van der Waals surface area contributed by atoms with Gasteiger partial charge in [0, 0.05) is 36.4 Å². The first kappa shape index (κ1) is 25.4. The van der Waals surface area contributed by atoms with Gasteiger partial charge >= 0.3 is 0 Å². The van der Waals surface area contributed by atoms with Crippen molar-refractivity contribution in [2.24, 2.45) is 0 Å². The van der Waals surface area contributed by atoms with Crippen molar-refractivity contribution < 1.29 is 31.5 Å². The van der Waals surface area contributed by atoms with Gasteiger partial charge in [-0.2, -0.15) is 5.10 Å². The third kappa shape index (κ3) is 4.74. The number of benzene rings is 1. The monoisotopic (exact) mass is 558 g/mol. The number of hydrogen-bond donors (Lipinski definition) is 1. The zero-order valence-electron chi connectivity index (χ0n) is 20.8. The van der Waals surface area contributed by atoms with Crippen molar-refractivity contribution in [3.8, 4) is 28.3 Å². The van der Waals surface area contributed by atoms with Crippen molar-refractivity contribution in [2.45, 2.75) is 25.0 Å². The van der Waals surface area contributed by atoms with Crippen molar-refractivity contribution in [2.75, 3.05) is 31.8 Å². The molecule has 1 amide bonds. The number of halogens is 2. The standard InChI is InChI=1S/C25H24F2N6O5S/c1-28-24(34)14-6-19(23(27)20(26)7-14)21-10-29-22-8-18(25(31-33(21)22)38-17-2-4-37-12-17)15-9-30-32(11-15)16-3-5-39(35,36)13-16/h6-11,16-17H,2-5,12-13H2,1H3,(H,28,34). The van der Waals surface area contributed by atoms with Gasteiger partial charge in [-0.25, -0.2) is 26.7 Å². The molecular weight excluding hydrogens is 534 g/mol. The number of amides is 1. The van der Waals surface area contributed by atoms with E-state index in [1.807, 2.05) is 0 Å². The summed E-state index contributed by atoms with van der Waals surface area (Å²) >= 11 is 0. The Hall–Kier alpha value is -3.91. The molecule has 3 aromatic heterocycles. The van der Waals surface area contributed by atoms with E-state index in [0.29, 0.717) is 42.8 Å². The lowest BCUT2D eigenvalue weighted by molar-refractivity contribution is 0.0962. The van der Waals surface area contributed by atoms with Gasteiger partial charge in [-0.05, 0) is 24.6 Å². The van der Waals surface area contributed by atoms with E-state index >= 15 is 0 Å². The van der Waals surface area contributed by atoms with E-state index in [1.54, 1.807) is 23.1 Å². The Morgan fingerprint density at radius 3 is 2.74 bits per heavy atom. The summed E-state index contributed by atoms with van der Waals surface area (Å²) < 4.78 is 67.9.